The lowest BCUT2D eigenvalue weighted by molar-refractivity contribution is 0.660. The third kappa shape index (κ3) is 6.74. The van der Waals surface area contributed by atoms with Crippen molar-refractivity contribution >= 4 is 39.0 Å². The minimum Gasteiger partial charge on any atom is -0.455 e. The molecule has 0 fully saturated rings. The van der Waals surface area contributed by atoms with Gasteiger partial charge in [0, 0.05) is 38.8 Å². The molecule has 0 unspecified atom stereocenters. The van der Waals surface area contributed by atoms with Crippen molar-refractivity contribution in [2.45, 2.75) is 19.3 Å². The van der Waals surface area contributed by atoms with Gasteiger partial charge in [0.15, 0.2) is 0 Å². The maximum Gasteiger partial charge on any atom is 0.143 e. The molecule has 0 atom stereocenters. The van der Waals surface area contributed by atoms with Crippen molar-refractivity contribution in [2.24, 2.45) is 0 Å². The Morgan fingerprint density at radius 2 is 0.738 bits per heavy atom. The van der Waals surface area contributed by atoms with E-state index < -0.39 is 0 Å². The summed E-state index contributed by atoms with van der Waals surface area (Å²) in [6, 6.07) is 85.8. The quantitative estimate of drug-likeness (QED) is 0.152. The van der Waals surface area contributed by atoms with Crippen molar-refractivity contribution < 1.29 is 4.42 Å². The monoisotopic (exact) mass is 831 g/mol. The Kier molecular flexibility index (Phi) is 9.21. The molecule has 2 nitrogen and oxygen atoms in total. The zero-order valence-electron chi connectivity index (χ0n) is 36.4. The summed E-state index contributed by atoms with van der Waals surface area (Å²) < 4.78 is 6.50. The first kappa shape index (κ1) is 38.5. The molecule has 0 saturated heterocycles. The second-order valence-electron chi connectivity index (χ2n) is 17.7. The lowest BCUT2D eigenvalue weighted by atomic mass is 9.81. The Morgan fingerprint density at radius 1 is 0.308 bits per heavy atom. The molecular weight excluding hydrogens is 787 g/mol. The Labute approximate surface area is 380 Å². The van der Waals surface area contributed by atoms with Crippen molar-refractivity contribution in [3.63, 3.8) is 0 Å². The average Bonchev–Trinajstić information content (AvgIpc) is 3.86. The number of para-hydroxylation sites is 2. The smallest absolute Gasteiger partial charge is 0.143 e. The summed E-state index contributed by atoms with van der Waals surface area (Å²) in [5.74, 6) is 0. The molecule has 308 valence electrons. The summed E-state index contributed by atoms with van der Waals surface area (Å²) in [6.45, 7) is 4.74. The molecule has 0 saturated carbocycles. The standard InChI is InChI=1S/C63H45NO/c1-63(2)59-40-50(54-20-12-21-58-57-19-9-10-22-61(57)65-62(54)58)31-37-55(59)56-38-36-53(41-60(56)63)64(51-32-27-46(28-33-51)45-25-23-44(24-26-45)42-13-5-3-6-14-42)52-34-29-47(30-35-52)49-18-11-17-48(39-49)43-15-7-4-8-16-43/h3-41H,1-2H3. The molecule has 2 heteroatoms. The molecule has 12 rings (SSSR count). The van der Waals surface area contributed by atoms with Crippen LogP contribution in [-0.2, 0) is 5.41 Å². The molecule has 11 aromatic rings. The number of nitrogens with zero attached hydrogens (tertiary/aromatic N) is 1. The van der Waals surface area contributed by atoms with Crippen LogP contribution in [0.2, 0.25) is 0 Å². The van der Waals surface area contributed by atoms with Crippen molar-refractivity contribution in [3.05, 3.63) is 248 Å². The van der Waals surface area contributed by atoms with E-state index in [-0.39, 0.29) is 5.41 Å². The Hall–Kier alpha value is -8.20. The van der Waals surface area contributed by atoms with Gasteiger partial charge in [0.25, 0.3) is 0 Å². The SMILES string of the molecule is CC1(C)c2cc(-c3cccc4c3oc3ccccc34)ccc2-c2ccc(N(c3ccc(-c4ccc(-c5ccccc5)cc4)cc3)c3ccc(-c4cccc(-c5ccccc5)c4)cc3)cc21. The molecule has 1 aliphatic rings. The number of fused-ring (bicyclic) bond motifs is 6. The van der Waals surface area contributed by atoms with E-state index in [0.29, 0.717) is 0 Å². The Bertz CT molecular complexity index is 3530. The topological polar surface area (TPSA) is 16.4 Å². The molecular formula is C63H45NO. The largest absolute Gasteiger partial charge is 0.455 e. The summed E-state index contributed by atoms with van der Waals surface area (Å²) in [5.41, 5.74) is 22.0. The van der Waals surface area contributed by atoms with E-state index in [1.807, 2.05) is 6.07 Å². The predicted molar refractivity (Wildman–Crippen MR) is 273 cm³/mol. The van der Waals surface area contributed by atoms with Crippen LogP contribution in [0.1, 0.15) is 25.0 Å². The van der Waals surface area contributed by atoms with Gasteiger partial charge in [-0.05, 0) is 127 Å². The normalized spacial score (nSPS) is 12.6. The number of benzene rings is 10. The number of anilines is 3. The molecule has 0 aliphatic heterocycles. The van der Waals surface area contributed by atoms with Gasteiger partial charge >= 0.3 is 0 Å². The average molecular weight is 832 g/mol. The van der Waals surface area contributed by atoms with Crippen LogP contribution in [0.4, 0.5) is 17.1 Å². The van der Waals surface area contributed by atoms with Gasteiger partial charge in [-0.3, -0.25) is 0 Å². The first-order chi connectivity index (χ1) is 32.0. The molecule has 0 amide bonds. The first-order valence-corrected chi connectivity index (χ1v) is 22.5. The molecule has 1 aliphatic carbocycles. The molecule has 1 heterocycles. The van der Waals surface area contributed by atoms with Gasteiger partial charge < -0.3 is 9.32 Å². The van der Waals surface area contributed by atoms with Crippen LogP contribution in [0.15, 0.2) is 241 Å². The minimum absolute atomic E-state index is 0.243. The Balaban J connectivity index is 0.919. The van der Waals surface area contributed by atoms with Gasteiger partial charge in [0.2, 0.25) is 0 Å². The lowest BCUT2D eigenvalue weighted by Crippen LogP contribution is -2.16. The van der Waals surface area contributed by atoms with E-state index in [2.05, 4.69) is 249 Å². The van der Waals surface area contributed by atoms with Crippen LogP contribution in [0, 0.1) is 0 Å². The third-order valence-electron chi connectivity index (χ3n) is 13.5. The van der Waals surface area contributed by atoms with E-state index in [1.54, 1.807) is 0 Å². The predicted octanol–water partition coefficient (Wildman–Crippen LogP) is 17.7. The van der Waals surface area contributed by atoms with Gasteiger partial charge in [0.1, 0.15) is 11.2 Å². The van der Waals surface area contributed by atoms with Gasteiger partial charge in [-0.2, -0.15) is 0 Å². The Morgan fingerprint density at radius 3 is 1.37 bits per heavy atom. The van der Waals surface area contributed by atoms with Crippen molar-refractivity contribution in [3.8, 4) is 66.8 Å². The highest BCUT2D eigenvalue weighted by molar-refractivity contribution is 6.09. The van der Waals surface area contributed by atoms with Crippen LogP contribution < -0.4 is 4.90 Å². The molecule has 0 radical (unpaired) electrons. The molecule has 0 spiro atoms. The molecule has 0 bridgehead atoms. The minimum atomic E-state index is -0.243. The van der Waals surface area contributed by atoms with Crippen LogP contribution in [0.25, 0.3) is 88.7 Å². The number of hydrogen-bond acceptors (Lipinski definition) is 2. The summed E-state index contributed by atoms with van der Waals surface area (Å²) in [4.78, 5) is 2.40. The number of furan rings is 1. The van der Waals surface area contributed by atoms with Gasteiger partial charge in [-0.15, -0.1) is 0 Å². The maximum absolute atomic E-state index is 6.50. The van der Waals surface area contributed by atoms with E-state index in [0.717, 1.165) is 44.6 Å². The van der Waals surface area contributed by atoms with Gasteiger partial charge in [0.05, 0.1) is 0 Å². The van der Waals surface area contributed by atoms with Crippen LogP contribution in [0.3, 0.4) is 0 Å². The van der Waals surface area contributed by atoms with E-state index in [4.69, 9.17) is 4.42 Å². The molecule has 1 aromatic heterocycles. The molecule has 65 heavy (non-hydrogen) atoms. The third-order valence-corrected chi connectivity index (χ3v) is 13.5. The van der Waals surface area contributed by atoms with Crippen LogP contribution >= 0.6 is 0 Å². The summed E-state index contributed by atoms with van der Waals surface area (Å²) in [5, 5.41) is 2.29. The number of rotatable bonds is 8. The maximum atomic E-state index is 6.50. The second kappa shape index (κ2) is 15.6. The fourth-order valence-electron chi connectivity index (χ4n) is 10.1. The highest BCUT2D eigenvalue weighted by atomic mass is 16.3. The van der Waals surface area contributed by atoms with E-state index >= 15 is 0 Å². The fourth-order valence-corrected chi connectivity index (χ4v) is 10.1. The van der Waals surface area contributed by atoms with Crippen molar-refractivity contribution in [1.29, 1.82) is 0 Å². The van der Waals surface area contributed by atoms with Crippen molar-refractivity contribution in [2.75, 3.05) is 4.90 Å². The fraction of sp³-hybridized carbons (Fsp3) is 0.0476. The number of hydrogen-bond donors (Lipinski definition) is 0. The summed E-state index contributed by atoms with van der Waals surface area (Å²) >= 11 is 0. The summed E-state index contributed by atoms with van der Waals surface area (Å²) in [7, 11) is 0. The second-order valence-corrected chi connectivity index (χ2v) is 17.7. The zero-order valence-corrected chi connectivity index (χ0v) is 36.4. The lowest BCUT2D eigenvalue weighted by Gasteiger charge is -2.28. The highest BCUT2D eigenvalue weighted by Gasteiger charge is 2.36. The van der Waals surface area contributed by atoms with Gasteiger partial charge in [-0.25, -0.2) is 0 Å². The van der Waals surface area contributed by atoms with Crippen molar-refractivity contribution in [1.82, 2.24) is 0 Å². The van der Waals surface area contributed by atoms with Gasteiger partial charge in [-0.1, -0.05) is 196 Å². The highest BCUT2D eigenvalue weighted by Crippen LogP contribution is 2.52. The van der Waals surface area contributed by atoms with Crippen LogP contribution in [-0.4, -0.2) is 0 Å². The van der Waals surface area contributed by atoms with E-state index in [9.17, 15) is 0 Å². The summed E-state index contributed by atoms with van der Waals surface area (Å²) in [6.07, 6.45) is 0. The molecule has 0 N–H and O–H groups in total. The molecule has 10 aromatic carbocycles. The van der Waals surface area contributed by atoms with Crippen LogP contribution in [0.5, 0.6) is 0 Å². The zero-order chi connectivity index (χ0) is 43.5. The first-order valence-electron chi connectivity index (χ1n) is 22.5. The van der Waals surface area contributed by atoms with E-state index in [1.165, 1.54) is 72.3 Å².